The maximum absolute atomic E-state index is 14.0. The average molecular weight is 557 g/mol. The second kappa shape index (κ2) is 12.2. The van der Waals surface area contributed by atoms with Crippen molar-refractivity contribution in [1.29, 1.82) is 0 Å². The predicted molar refractivity (Wildman–Crippen MR) is 154 cm³/mol. The number of benzene rings is 1. The number of carbonyl (C=O) groups is 4. The lowest BCUT2D eigenvalue weighted by Crippen LogP contribution is -2.60. The molecule has 2 aliphatic rings. The Hall–Kier alpha value is -3.10. The van der Waals surface area contributed by atoms with E-state index in [1.165, 1.54) is 17.5 Å². The smallest absolute Gasteiger partial charge is 0.410 e. The summed E-state index contributed by atoms with van der Waals surface area (Å²) < 4.78 is 5.40. The molecule has 222 valence electrons. The van der Waals surface area contributed by atoms with Gasteiger partial charge in [0.15, 0.2) is 0 Å². The fraction of sp³-hybridized carbons (Fsp3) is 0.677. The minimum Gasteiger partial charge on any atom is -0.444 e. The fourth-order valence-electron chi connectivity index (χ4n) is 5.46. The number of hydrogen-bond acceptors (Lipinski definition) is 5. The molecule has 0 spiro atoms. The second-order valence-electron chi connectivity index (χ2n) is 13.6. The van der Waals surface area contributed by atoms with Crippen LogP contribution in [-0.2, 0) is 25.5 Å². The van der Waals surface area contributed by atoms with Crippen molar-refractivity contribution in [3.63, 3.8) is 0 Å². The molecule has 0 radical (unpaired) electrons. The van der Waals surface area contributed by atoms with E-state index in [1.54, 1.807) is 32.6 Å². The lowest BCUT2D eigenvalue weighted by atomic mass is 9.85. The van der Waals surface area contributed by atoms with Crippen LogP contribution >= 0.6 is 0 Å². The molecule has 0 unspecified atom stereocenters. The van der Waals surface area contributed by atoms with Gasteiger partial charge in [0.25, 0.3) is 0 Å². The molecule has 1 aliphatic carbocycles. The molecule has 40 heavy (non-hydrogen) atoms. The van der Waals surface area contributed by atoms with Crippen molar-refractivity contribution >= 4 is 23.8 Å². The largest absolute Gasteiger partial charge is 0.444 e. The van der Waals surface area contributed by atoms with Crippen molar-refractivity contribution in [3.05, 3.63) is 35.4 Å². The Morgan fingerprint density at radius 2 is 1.73 bits per heavy atom. The summed E-state index contributed by atoms with van der Waals surface area (Å²) in [6.07, 6.45) is 2.81. The van der Waals surface area contributed by atoms with E-state index >= 15 is 0 Å². The standard InChI is InChI=1S/C31H48N4O5/c1-19-17-24(27(37)32-23-16-12-14-21-13-10-11-15-22(21)23)35(18-19)28(38)25(30(3,4)5)33-26(36)20(2)34(9)29(39)40-31(6,7)8/h10-11,13,15,19-20,23-25H,12,14,16-18H2,1-9H3,(H,32,37)(H,33,36)/t19-,20-,23+,24-,25+/m0/s1. The first-order valence-corrected chi connectivity index (χ1v) is 14.4. The monoisotopic (exact) mass is 556 g/mol. The Bertz CT molecular complexity index is 1110. The zero-order chi connectivity index (χ0) is 30.0. The molecule has 1 heterocycles. The summed E-state index contributed by atoms with van der Waals surface area (Å²) in [6, 6.07) is 5.76. The van der Waals surface area contributed by atoms with Crippen LogP contribution in [0, 0.1) is 11.3 Å². The molecule has 1 fully saturated rings. The van der Waals surface area contributed by atoms with Gasteiger partial charge in [-0.15, -0.1) is 0 Å². The lowest BCUT2D eigenvalue weighted by molar-refractivity contribution is -0.144. The quantitative estimate of drug-likeness (QED) is 0.546. The van der Waals surface area contributed by atoms with E-state index in [9.17, 15) is 19.2 Å². The Morgan fingerprint density at radius 1 is 1.07 bits per heavy atom. The zero-order valence-electron chi connectivity index (χ0n) is 25.7. The third-order valence-corrected chi connectivity index (χ3v) is 7.82. The van der Waals surface area contributed by atoms with Crippen LogP contribution in [0.5, 0.6) is 0 Å². The van der Waals surface area contributed by atoms with Crippen LogP contribution in [0.2, 0.25) is 0 Å². The van der Waals surface area contributed by atoms with E-state index in [2.05, 4.69) is 22.8 Å². The van der Waals surface area contributed by atoms with Crippen LogP contribution in [0.4, 0.5) is 4.79 Å². The minimum atomic E-state index is -0.884. The zero-order valence-corrected chi connectivity index (χ0v) is 25.7. The molecule has 0 saturated carbocycles. The van der Waals surface area contributed by atoms with Gasteiger partial charge >= 0.3 is 6.09 Å². The van der Waals surface area contributed by atoms with E-state index < -0.39 is 41.1 Å². The number of nitrogens with zero attached hydrogens (tertiary/aromatic N) is 2. The van der Waals surface area contributed by atoms with E-state index in [4.69, 9.17) is 4.74 Å². The van der Waals surface area contributed by atoms with E-state index in [0.717, 1.165) is 24.8 Å². The number of hydrogen-bond donors (Lipinski definition) is 2. The van der Waals surface area contributed by atoms with Crippen molar-refractivity contribution in [3.8, 4) is 0 Å². The molecular formula is C31H48N4O5. The number of carbonyl (C=O) groups excluding carboxylic acids is 4. The molecule has 1 aromatic rings. The normalized spacial score (nSPS) is 22.5. The molecular weight excluding hydrogens is 508 g/mol. The lowest BCUT2D eigenvalue weighted by Gasteiger charge is -2.37. The van der Waals surface area contributed by atoms with Crippen LogP contribution in [-0.4, -0.2) is 70.9 Å². The topological polar surface area (TPSA) is 108 Å². The summed E-state index contributed by atoms with van der Waals surface area (Å²) in [7, 11) is 1.50. The molecule has 5 atom stereocenters. The van der Waals surface area contributed by atoms with Crippen LogP contribution in [0.3, 0.4) is 0 Å². The highest BCUT2D eigenvalue weighted by Crippen LogP contribution is 2.32. The van der Waals surface area contributed by atoms with Crippen molar-refractivity contribution in [1.82, 2.24) is 20.4 Å². The Balaban J connectivity index is 1.75. The summed E-state index contributed by atoms with van der Waals surface area (Å²) in [5, 5.41) is 6.12. The molecule has 2 N–H and O–H groups in total. The summed E-state index contributed by atoms with van der Waals surface area (Å²) in [5.74, 6) is -0.765. The van der Waals surface area contributed by atoms with Crippen LogP contribution in [0.1, 0.15) is 91.8 Å². The van der Waals surface area contributed by atoms with Gasteiger partial charge in [-0.2, -0.15) is 0 Å². The highest BCUT2D eigenvalue weighted by atomic mass is 16.6. The molecule has 0 bridgehead atoms. The third-order valence-electron chi connectivity index (χ3n) is 7.82. The number of likely N-dealkylation sites (N-methyl/N-ethyl adjacent to an activating group) is 1. The van der Waals surface area contributed by atoms with Gasteiger partial charge in [0.05, 0.1) is 6.04 Å². The number of rotatable bonds is 6. The highest BCUT2D eigenvalue weighted by Gasteiger charge is 2.45. The van der Waals surface area contributed by atoms with Crippen molar-refractivity contribution in [2.75, 3.05) is 13.6 Å². The van der Waals surface area contributed by atoms with Crippen LogP contribution in [0.15, 0.2) is 24.3 Å². The van der Waals surface area contributed by atoms with Crippen molar-refractivity contribution in [2.24, 2.45) is 11.3 Å². The Labute approximate surface area is 239 Å². The van der Waals surface area contributed by atoms with Gasteiger partial charge in [-0.05, 0) is 75.8 Å². The van der Waals surface area contributed by atoms with Gasteiger partial charge < -0.3 is 20.3 Å². The maximum Gasteiger partial charge on any atom is 0.410 e. The first-order valence-electron chi connectivity index (χ1n) is 14.4. The molecule has 1 saturated heterocycles. The first kappa shape index (κ1) is 31.4. The molecule has 1 aliphatic heterocycles. The average Bonchev–Trinajstić information content (AvgIpc) is 3.26. The molecule has 9 nitrogen and oxygen atoms in total. The highest BCUT2D eigenvalue weighted by molar-refractivity contribution is 5.94. The number of amides is 4. The second-order valence-corrected chi connectivity index (χ2v) is 13.6. The molecule has 1 aromatic carbocycles. The fourth-order valence-corrected chi connectivity index (χ4v) is 5.46. The van der Waals surface area contributed by atoms with E-state index in [-0.39, 0.29) is 23.8 Å². The first-order chi connectivity index (χ1) is 18.5. The van der Waals surface area contributed by atoms with Crippen molar-refractivity contribution in [2.45, 2.75) is 111 Å². The van der Waals surface area contributed by atoms with Crippen LogP contribution in [0.25, 0.3) is 0 Å². The number of aryl methyl sites for hydroxylation is 1. The number of ether oxygens (including phenoxy) is 1. The molecule has 4 amide bonds. The van der Waals surface area contributed by atoms with Gasteiger partial charge in [-0.3, -0.25) is 19.3 Å². The third kappa shape index (κ3) is 7.55. The van der Waals surface area contributed by atoms with Gasteiger partial charge in [0.1, 0.15) is 23.7 Å². The van der Waals surface area contributed by atoms with Gasteiger partial charge in [-0.1, -0.05) is 52.0 Å². The maximum atomic E-state index is 14.0. The number of nitrogens with one attached hydrogen (secondary N) is 2. The van der Waals surface area contributed by atoms with Gasteiger partial charge in [0, 0.05) is 13.6 Å². The minimum absolute atomic E-state index is 0.0762. The summed E-state index contributed by atoms with van der Waals surface area (Å²) in [5.41, 5.74) is 1.07. The van der Waals surface area contributed by atoms with Gasteiger partial charge in [0.2, 0.25) is 17.7 Å². The number of fused-ring (bicyclic) bond motifs is 1. The predicted octanol–water partition coefficient (Wildman–Crippen LogP) is 4.20. The van der Waals surface area contributed by atoms with Gasteiger partial charge in [-0.25, -0.2) is 4.79 Å². The Morgan fingerprint density at radius 3 is 2.35 bits per heavy atom. The summed E-state index contributed by atoms with van der Waals surface area (Å²) in [6.45, 7) is 15.0. The Kier molecular flexibility index (Phi) is 9.58. The van der Waals surface area contributed by atoms with E-state index in [0.29, 0.717) is 13.0 Å². The van der Waals surface area contributed by atoms with Crippen molar-refractivity contribution < 1.29 is 23.9 Å². The number of likely N-dealkylation sites (tertiary alicyclic amines) is 1. The SMILES string of the molecule is C[C@H]1C[C@@H](C(=O)N[C@@H]2CCCc3ccccc32)N(C(=O)[C@@H](NC(=O)[C@H](C)N(C)C(=O)OC(C)(C)C)C(C)(C)C)C1. The summed E-state index contributed by atoms with van der Waals surface area (Å²) in [4.78, 5) is 56.3. The van der Waals surface area contributed by atoms with Crippen LogP contribution < -0.4 is 10.6 Å². The molecule has 9 heteroatoms. The summed E-state index contributed by atoms with van der Waals surface area (Å²) >= 11 is 0. The van der Waals surface area contributed by atoms with E-state index in [1.807, 2.05) is 39.8 Å². The molecule has 0 aromatic heterocycles. The molecule has 3 rings (SSSR count).